The van der Waals surface area contributed by atoms with E-state index in [9.17, 15) is 4.79 Å². The molecule has 2 aliphatic rings. The number of ether oxygens (including phenoxy) is 1. The molecule has 3 rings (SSSR count). The van der Waals surface area contributed by atoms with Crippen molar-refractivity contribution in [3.05, 3.63) is 53.7 Å². The second kappa shape index (κ2) is 5.71. The monoisotopic (exact) mass is 289 g/mol. The van der Waals surface area contributed by atoms with Crippen LogP contribution < -0.4 is 5.32 Å². The number of alkyl carbamates (subject to hydrolysis) is 1. The number of amides is 1. The van der Waals surface area contributed by atoms with Crippen molar-refractivity contribution >= 4 is 22.7 Å². The normalized spacial score (nSPS) is 27.9. The van der Waals surface area contributed by atoms with Gasteiger partial charge in [-0.3, -0.25) is 5.32 Å². The van der Waals surface area contributed by atoms with Gasteiger partial charge in [-0.1, -0.05) is 54.1 Å². The van der Waals surface area contributed by atoms with Crippen LogP contribution in [0.15, 0.2) is 48.2 Å². The molecule has 3 nitrogen and oxygen atoms in total. The maximum atomic E-state index is 11.6. The van der Waals surface area contributed by atoms with Crippen molar-refractivity contribution < 1.29 is 9.53 Å². The highest BCUT2D eigenvalue weighted by atomic mass is 35.5. The van der Waals surface area contributed by atoms with E-state index < -0.39 is 6.09 Å². The molecule has 1 aliphatic heterocycles. The molecule has 1 fully saturated rings. The maximum absolute atomic E-state index is 11.6. The van der Waals surface area contributed by atoms with Crippen molar-refractivity contribution in [1.29, 1.82) is 0 Å². The molecule has 0 aromatic heterocycles. The molecular formula is C16H16ClNO2. The summed E-state index contributed by atoms with van der Waals surface area (Å²) in [4.78, 5) is 11.6. The molecule has 1 saturated heterocycles. The van der Waals surface area contributed by atoms with Gasteiger partial charge < -0.3 is 4.74 Å². The summed E-state index contributed by atoms with van der Waals surface area (Å²) >= 11 is 6.46. The number of benzene rings is 1. The van der Waals surface area contributed by atoms with Gasteiger partial charge in [-0.25, -0.2) is 4.79 Å². The largest absolute Gasteiger partial charge is 0.439 e. The third kappa shape index (κ3) is 2.59. The van der Waals surface area contributed by atoms with E-state index >= 15 is 0 Å². The van der Waals surface area contributed by atoms with Gasteiger partial charge >= 0.3 is 6.09 Å². The molecule has 1 N–H and O–H groups in total. The van der Waals surface area contributed by atoms with E-state index in [1.165, 1.54) is 0 Å². The van der Waals surface area contributed by atoms with Gasteiger partial charge in [0.15, 0.2) is 0 Å². The standard InChI is InChI=1S/C16H16ClNO2/c17-13(11-7-3-1-4-8-11)14-15(20-16(19)18-14)12-9-5-2-6-10-12/h1-5,7-8,12,15H,6,9-10H2,(H,18,19)/b14-13-. The number of cyclic esters (lactones) is 1. The molecule has 0 spiro atoms. The third-order valence-corrected chi connectivity index (χ3v) is 4.18. The Kier molecular flexibility index (Phi) is 3.79. The lowest BCUT2D eigenvalue weighted by Gasteiger charge is -2.23. The predicted molar refractivity (Wildman–Crippen MR) is 79.1 cm³/mol. The van der Waals surface area contributed by atoms with Gasteiger partial charge in [0, 0.05) is 5.92 Å². The molecule has 104 valence electrons. The molecule has 4 heteroatoms. The van der Waals surface area contributed by atoms with E-state index in [1.807, 2.05) is 30.3 Å². The Bertz CT molecular complexity index is 565. The molecule has 1 aliphatic carbocycles. The zero-order valence-corrected chi connectivity index (χ0v) is 11.8. The van der Waals surface area contributed by atoms with Crippen LogP contribution in [0.1, 0.15) is 24.8 Å². The summed E-state index contributed by atoms with van der Waals surface area (Å²) in [5, 5.41) is 3.33. The second-order valence-corrected chi connectivity index (χ2v) is 5.47. The zero-order valence-electron chi connectivity index (χ0n) is 11.0. The molecule has 1 aromatic carbocycles. The van der Waals surface area contributed by atoms with Gasteiger partial charge in [0.05, 0.1) is 10.7 Å². The smallest absolute Gasteiger partial charge is 0.412 e. The highest BCUT2D eigenvalue weighted by Gasteiger charge is 2.37. The lowest BCUT2D eigenvalue weighted by atomic mass is 9.87. The summed E-state index contributed by atoms with van der Waals surface area (Å²) in [6.07, 6.45) is 6.60. The molecular weight excluding hydrogens is 274 g/mol. The number of hydrogen-bond donors (Lipinski definition) is 1. The molecule has 0 saturated carbocycles. The Morgan fingerprint density at radius 2 is 2.05 bits per heavy atom. The van der Waals surface area contributed by atoms with E-state index in [1.54, 1.807) is 0 Å². The minimum absolute atomic E-state index is 0.264. The van der Waals surface area contributed by atoms with Gasteiger partial charge in [0.2, 0.25) is 0 Å². The number of nitrogens with one attached hydrogen (secondary N) is 1. The number of carbonyl (C=O) groups excluding carboxylic acids is 1. The van der Waals surface area contributed by atoms with Crippen LogP contribution in [0.2, 0.25) is 0 Å². The molecule has 2 unspecified atom stereocenters. The molecule has 20 heavy (non-hydrogen) atoms. The molecule has 2 atom stereocenters. The fourth-order valence-electron chi connectivity index (χ4n) is 2.73. The number of rotatable bonds is 2. The minimum atomic E-state index is -0.409. The second-order valence-electron chi connectivity index (χ2n) is 5.09. The minimum Gasteiger partial charge on any atom is -0.439 e. The third-order valence-electron chi connectivity index (χ3n) is 3.76. The van der Waals surface area contributed by atoms with E-state index in [2.05, 4.69) is 17.5 Å². The molecule has 1 aromatic rings. The SMILES string of the molecule is O=C1N/C(=C(\Cl)c2ccccc2)C(C2CC=CCC2)O1. The number of hydrogen-bond acceptors (Lipinski definition) is 2. The van der Waals surface area contributed by atoms with Crippen molar-refractivity contribution in [3.8, 4) is 0 Å². The zero-order chi connectivity index (χ0) is 13.9. The summed E-state index contributed by atoms with van der Waals surface area (Å²) in [5.74, 6) is 0.298. The van der Waals surface area contributed by atoms with Crippen molar-refractivity contribution in [2.45, 2.75) is 25.4 Å². The maximum Gasteiger partial charge on any atom is 0.412 e. The Morgan fingerprint density at radius 3 is 2.75 bits per heavy atom. The van der Waals surface area contributed by atoms with Crippen LogP contribution in [-0.2, 0) is 4.74 Å². The van der Waals surface area contributed by atoms with Gasteiger partial charge in [0.25, 0.3) is 0 Å². The van der Waals surface area contributed by atoms with E-state index in [-0.39, 0.29) is 6.10 Å². The fraction of sp³-hybridized carbons (Fsp3) is 0.312. The first-order valence-electron chi connectivity index (χ1n) is 6.83. The van der Waals surface area contributed by atoms with E-state index in [0.29, 0.717) is 16.6 Å². The molecule has 1 heterocycles. The van der Waals surface area contributed by atoms with E-state index in [4.69, 9.17) is 16.3 Å². The highest BCUT2D eigenvalue weighted by molar-refractivity contribution is 6.49. The Balaban J connectivity index is 1.93. The van der Waals surface area contributed by atoms with Crippen molar-refractivity contribution in [3.63, 3.8) is 0 Å². The summed E-state index contributed by atoms with van der Waals surface area (Å²) < 4.78 is 5.43. The van der Waals surface area contributed by atoms with Crippen LogP contribution in [0.25, 0.3) is 5.03 Å². The van der Waals surface area contributed by atoms with Gasteiger partial charge in [-0.2, -0.15) is 0 Å². The first-order valence-corrected chi connectivity index (χ1v) is 7.21. The van der Waals surface area contributed by atoms with Crippen LogP contribution in [0.5, 0.6) is 0 Å². The lowest BCUT2D eigenvalue weighted by Crippen LogP contribution is -2.24. The van der Waals surface area contributed by atoms with Crippen LogP contribution in [-0.4, -0.2) is 12.2 Å². The van der Waals surface area contributed by atoms with Crippen molar-refractivity contribution in [1.82, 2.24) is 5.32 Å². The Morgan fingerprint density at radius 1 is 1.25 bits per heavy atom. The Labute approximate surface area is 123 Å². The Hall–Kier alpha value is -1.74. The van der Waals surface area contributed by atoms with Crippen LogP contribution in [0.3, 0.4) is 0 Å². The molecule has 0 radical (unpaired) electrons. The number of allylic oxidation sites excluding steroid dienone is 2. The molecule has 1 amide bonds. The average molecular weight is 290 g/mol. The van der Waals surface area contributed by atoms with Crippen LogP contribution in [0.4, 0.5) is 4.79 Å². The van der Waals surface area contributed by atoms with Crippen LogP contribution >= 0.6 is 11.6 Å². The predicted octanol–water partition coefficient (Wildman–Crippen LogP) is 4.06. The summed E-state index contributed by atoms with van der Waals surface area (Å²) in [6.45, 7) is 0. The topological polar surface area (TPSA) is 38.3 Å². The van der Waals surface area contributed by atoms with Gasteiger partial charge in [-0.15, -0.1) is 0 Å². The van der Waals surface area contributed by atoms with E-state index in [0.717, 1.165) is 24.8 Å². The van der Waals surface area contributed by atoms with Crippen molar-refractivity contribution in [2.75, 3.05) is 0 Å². The summed E-state index contributed by atoms with van der Waals surface area (Å²) in [6, 6.07) is 9.64. The molecule has 0 bridgehead atoms. The van der Waals surface area contributed by atoms with Gasteiger partial charge in [-0.05, 0) is 24.8 Å². The first kappa shape index (κ1) is 13.3. The first-order chi connectivity index (χ1) is 9.75. The van der Waals surface area contributed by atoms with Crippen LogP contribution in [0, 0.1) is 5.92 Å². The van der Waals surface area contributed by atoms with Gasteiger partial charge in [0.1, 0.15) is 6.10 Å². The fourth-order valence-corrected chi connectivity index (χ4v) is 3.01. The average Bonchev–Trinajstić information content (AvgIpc) is 2.90. The quantitative estimate of drug-likeness (QED) is 0.834. The number of halogens is 1. The highest BCUT2D eigenvalue weighted by Crippen LogP contribution is 2.35. The summed E-state index contributed by atoms with van der Waals surface area (Å²) in [5.41, 5.74) is 1.59. The summed E-state index contributed by atoms with van der Waals surface area (Å²) in [7, 11) is 0. The number of carbonyl (C=O) groups is 1. The lowest BCUT2D eigenvalue weighted by molar-refractivity contribution is 0.110. The van der Waals surface area contributed by atoms with Crippen molar-refractivity contribution in [2.24, 2.45) is 5.92 Å².